The van der Waals surface area contributed by atoms with Crippen molar-refractivity contribution >= 4 is 15.8 Å². The number of pyridine rings is 1. The average molecular weight is 884 g/mol. The molecule has 0 amide bonds. The second-order valence-electron chi connectivity index (χ2n) is 23.6. The highest BCUT2D eigenvalue weighted by molar-refractivity contribution is 7.91. The molecule has 5 fully saturated rings. The summed E-state index contributed by atoms with van der Waals surface area (Å²) in [5.41, 5.74) is 3.05. The summed E-state index contributed by atoms with van der Waals surface area (Å²) in [5, 5.41) is 35.6. The first-order valence-corrected chi connectivity index (χ1v) is 26.4. The Kier molecular flexibility index (Phi) is 12.1. The lowest BCUT2D eigenvalue weighted by molar-refractivity contribution is -0.222. The summed E-state index contributed by atoms with van der Waals surface area (Å²) in [5.74, 6) is 2.27. The number of sulfone groups is 1. The molecular formula is C53H77N3O6S. The van der Waals surface area contributed by atoms with Gasteiger partial charge in [-0.15, -0.1) is 6.58 Å². The number of carbonyl (C=O) groups is 1. The SMILES string of the molecule is C=C(C)C[C@@H]1CC[C@]2(NCC[C@]3(O)CC[C@H](S(C)(=O)=O)CC3)CC[C@]3(C)[C@H](CC[C@@H]4[C@@]5(C)CC=C(C6=CC[C@@](COc7ncccc7C#N)(C(=O)O)CC6)C(C)(C)[C@@H]5CC[C@]43C)[C@@H]12. The Balaban J connectivity index is 1.00. The van der Waals surface area contributed by atoms with Crippen molar-refractivity contribution in [3.05, 3.63) is 59.3 Å². The number of aliphatic carboxylic acids is 1. The van der Waals surface area contributed by atoms with Gasteiger partial charge >= 0.3 is 5.97 Å². The van der Waals surface area contributed by atoms with E-state index < -0.39 is 26.8 Å². The molecule has 10 atom stereocenters. The Labute approximate surface area is 378 Å². The molecule has 0 aromatic carbocycles. The van der Waals surface area contributed by atoms with Gasteiger partial charge < -0.3 is 20.3 Å². The van der Waals surface area contributed by atoms with Crippen LogP contribution in [0.5, 0.6) is 5.88 Å². The molecule has 10 heteroatoms. The van der Waals surface area contributed by atoms with E-state index in [9.17, 15) is 28.7 Å². The maximum atomic E-state index is 12.8. The number of carboxylic acids is 1. The van der Waals surface area contributed by atoms with Crippen molar-refractivity contribution in [2.24, 2.45) is 56.7 Å². The van der Waals surface area contributed by atoms with E-state index in [1.165, 1.54) is 74.3 Å². The van der Waals surface area contributed by atoms with Gasteiger partial charge in [0.2, 0.25) is 5.88 Å². The van der Waals surface area contributed by atoms with Gasteiger partial charge in [0.1, 0.15) is 33.5 Å². The van der Waals surface area contributed by atoms with Crippen molar-refractivity contribution in [3.8, 4) is 11.9 Å². The van der Waals surface area contributed by atoms with E-state index in [0.29, 0.717) is 86.5 Å². The minimum atomic E-state index is -3.08. The standard InChI is InChI=1S/C53H77N3O6S/c1-35(2)32-37-15-26-53(56-31-29-52(59)24-16-39(17-25-52)63(8,60)61)28-27-49(6)41(44(37)53)11-12-43-48(5)20-18-40(47(3,4)42(48)19-21-50(43,49)7)36-13-22-51(23-14-36,46(57)58)34-62-45-38(33-54)10-9-30-55-45/h9-10,13,18,30,37,39,41-44,56,59H,1,11-12,14-17,19-29,31-32,34H2,2-8H3,(H,57,58)/t37-,39-,41+,42-,43+,44+,48-,49+,50+,51+,52-,53-/m0/s1. The molecule has 0 unspecified atom stereocenters. The van der Waals surface area contributed by atoms with Crippen LogP contribution >= 0.6 is 0 Å². The number of rotatable bonds is 12. The monoisotopic (exact) mass is 884 g/mol. The predicted octanol–water partition coefficient (Wildman–Crippen LogP) is 10.5. The van der Waals surface area contributed by atoms with E-state index in [1.54, 1.807) is 18.3 Å². The zero-order valence-electron chi connectivity index (χ0n) is 39.5. The zero-order valence-corrected chi connectivity index (χ0v) is 40.3. The normalized spacial score (nSPS) is 42.0. The van der Waals surface area contributed by atoms with Crippen LogP contribution in [-0.2, 0) is 14.6 Å². The molecule has 9 nitrogen and oxygen atoms in total. The number of hydrogen-bond donors (Lipinski definition) is 3. The van der Waals surface area contributed by atoms with Crippen molar-refractivity contribution in [1.29, 1.82) is 5.26 Å². The highest BCUT2D eigenvalue weighted by Crippen LogP contribution is 2.76. The lowest BCUT2D eigenvalue weighted by Crippen LogP contribution is -2.68. The van der Waals surface area contributed by atoms with Crippen LogP contribution in [0.2, 0.25) is 0 Å². The first-order valence-electron chi connectivity index (χ1n) is 24.5. The molecule has 0 saturated heterocycles. The van der Waals surface area contributed by atoms with E-state index in [-0.39, 0.29) is 44.9 Å². The minimum Gasteiger partial charge on any atom is -0.481 e. The fourth-order valence-corrected chi connectivity index (χ4v) is 17.6. The summed E-state index contributed by atoms with van der Waals surface area (Å²) in [7, 11) is -3.08. The lowest BCUT2D eigenvalue weighted by Gasteiger charge is -2.72. The molecule has 0 aliphatic heterocycles. The molecule has 1 heterocycles. The minimum absolute atomic E-state index is 0.0222. The van der Waals surface area contributed by atoms with Crippen molar-refractivity contribution in [1.82, 2.24) is 10.3 Å². The van der Waals surface area contributed by atoms with Crippen LogP contribution in [0.1, 0.15) is 163 Å². The molecule has 7 aliphatic rings. The van der Waals surface area contributed by atoms with Crippen molar-refractivity contribution in [2.45, 2.75) is 174 Å². The van der Waals surface area contributed by atoms with Gasteiger partial charge in [-0.2, -0.15) is 5.26 Å². The number of aliphatic hydroxyl groups is 1. The van der Waals surface area contributed by atoms with Crippen LogP contribution in [-0.4, -0.2) is 65.4 Å². The number of nitrogens with one attached hydrogen (secondary N) is 1. The first kappa shape index (κ1) is 46.5. The maximum absolute atomic E-state index is 12.8. The Morgan fingerprint density at radius 3 is 2.35 bits per heavy atom. The van der Waals surface area contributed by atoms with Gasteiger partial charge in [0.15, 0.2) is 0 Å². The van der Waals surface area contributed by atoms with E-state index >= 15 is 0 Å². The zero-order chi connectivity index (χ0) is 45.4. The first-order chi connectivity index (χ1) is 29.6. The summed E-state index contributed by atoms with van der Waals surface area (Å²) in [6, 6.07) is 5.43. The Morgan fingerprint density at radius 1 is 0.952 bits per heavy atom. The Bertz CT molecular complexity index is 2180. The molecule has 7 aliphatic carbocycles. The van der Waals surface area contributed by atoms with Gasteiger partial charge in [-0.1, -0.05) is 52.3 Å². The molecule has 1 aromatic heterocycles. The number of nitriles is 1. The Hall–Kier alpha value is -3.00. The maximum Gasteiger partial charge on any atom is 0.313 e. The molecule has 0 bridgehead atoms. The molecule has 0 spiro atoms. The van der Waals surface area contributed by atoms with E-state index in [1.807, 2.05) is 0 Å². The second kappa shape index (κ2) is 16.4. The van der Waals surface area contributed by atoms with Gasteiger partial charge in [-0.3, -0.25) is 4.79 Å². The third kappa shape index (κ3) is 7.78. The van der Waals surface area contributed by atoms with Crippen molar-refractivity contribution in [3.63, 3.8) is 0 Å². The molecule has 346 valence electrons. The van der Waals surface area contributed by atoms with Crippen LogP contribution in [0.15, 0.2) is 53.8 Å². The van der Waals surface area contributed by atoms with E-state index in [0.717, 1.165) is 19.4 Å². The van der Waals surface area contributed by atoms with E-state index in [2.05, 4.69) is 76.6 Å². The average Bonchev–Trinajstić information content (AvgIpc) is 3.57. The molecular weight excluding hydrogens is 807 g/mol. The number of ether oxygens (including phenoxy) is 1. The number of fused-ring (bicyclic) bond motifs is 7. The highest BCUT2D eigenvalue weighted by atomic mass is 32.2. The summed E-state index contributed by atoms with van der Waals surface area (Å²) in [6.07, 6.45) is 24.0. The number of hydrogen-bond acceptors (Lipinski definition) is 8. The number of allylic oxidation sites excluding steroid dienone is 5. The topological polar surface area (TPSA) is 150 Å². The largest absolute Gasteiger partial charge is 0.481 e. The van der Waals surface area contributed by atoms with Crippen LogP contribution in [0, 0.1) is 68.0 Å². The summed E-state index contributed by atoms with van der Waals surface area (Å²) in [4.78, 5) is 17.0. The van der Waals surface area contributed by atoms with E-state index in [4.69, 9.17) is 4.74 Å². The molecule has 8 rings (SSSR count). The van der Waals surface area contributed by atoms with Crippen LogP contribution in [0.3, 0.4) is 0 Å². The Morgan fingerprint density at radius 2 is 1.70 bits per heavy atom. The second-order valence-corrected chi connectivity index (χ2v) is 25.9. The van der Waals surface area contributed by atoms with Gasteiger partial charge in [0.25, 0.3) is 0 Å². The molecule has 1 aromatic rings. The molecule has 3 N–H and O–H groups in total. The summed E-state index contributed by atoms with van der Waals surface area (Å²) >= 11 is 0. The number of carboxylic acid groups (broad SMARTS) is 1. The molecule has 63 heavy (non-hydrogen) atoms. The lowest BCUT2D eigenvalue weighted by atomic mass is 9.33. The molecule has 5 saturated carbocycles. The fraction of sp³-hybridized carbons (Fsp3) is 0.755. The van der Waals surface area contributed by atoms with Crippen LogP contribution < -0.4 is 10.1 Å². The van der Waals surface area contributed by atoms with Crippen molar-refractivity contribution < 1.29 is 28.2 Å². The predicted molar refractivity (Wildman–Crippen MR) is 248 cm³/mol. The quantitative estimate of drug-likeness (QED) is 0.174. The smallest absolute Gasteiger partial charge is 0.313 e. The molecule has 0 radical (unpaired) electrons. The third-order valence-corrected chi connectivity index (χ3v) is 21.8. The van der Waals surface area contributed by atoms with Crippen LogP contribution in [0.25, 0.3) is 0 Å². The van der Waals surface area contributed by atoms with Gasteiger partial charge in [0.05, 0.1) is 10.9 Å². The number of aromatic nitrogens is 1. The highest BCUT2D eigenvalue weighted by Gasteiger charge is 2.70. The van der Waals surface area contributed by atoms with Gasteiger partial charge in [-0.25, -0.2) is 13.4 Å². The number of nitrogens with zero attached hydrogens (tertiary/aromatic N) is 2. The summed E-state index contributed by atoms with van der Waals surface area (Å²) < 4.78 is 30.5. The van der Waals surface area contributed by atoms with Crippen molar-refractivity contribution in [2.75, 3.05) is 19.4 Å². The third-order valence-electron chi connectivity index (χ3n) is 20.1. The summed E-state index contributed by atoms with van der Waals surface area (Å²) in [6.45, 7) is 20.4. The van der Waals surface area contributed by atoms with Crippen LogP contribution in [0.4, 0.5) is 0 Å². The van der Waals surface area contributed by atoms with Gasteiger partial charge in [0, 0.05) is 18.0 Å². The van der Waals surface area contributed by atoms with Gasteiger partial charge in [-0.05, 0) is 204 Å². The fourth-order valence-electron chi connectivity index (χ4n) is 16.5.